The van der Waals surface area contributed by atoms with Crippen LogP contribution in [0.15, 0.2) is 37.7 Å². The molecule has 146 valence electrons. The predicted octanol–water partition coefficient (Wildman–Crippen LogP) is 6.43. The fraction of sp³-hybridized carbons (Fsp3) is 0.333. The first-order valence-electron chi connectivity index (χ1n) is 9.99. The molecule has 0 bridgehead atoms. The summed E-state index contributed by atoms with van der Waals surface area (Å²) < 4.78 is 12.5. The summed E-state index contributed by atoms with van der Waals surface area (Å²) in [4.78, 5) is 9.33. The van der Waals surface area contributed by atoms with E-state index in [1.54, 1.807) is 12.2 Å². The summed E-state index contributed by atoms with van der Waals surface area (Å²) in [6.45, 7) is 13.3. The van der Waals surface area contributed by atoms with Crippen molar-refractivity contribution < 1.29 is 9.47 Å². The summed E-state index contributed by atoms with van der Waals surface area (Å²) in [6, 6.07) is 4.09. The molecule has 2 heterocycles. The van der Waals surface area contributed by atoms with E-state index in [-0.39, 0.29) is 0 Å². The molecule has 0 fully saturated rings. The van der Waals surface area contributed by atoms with Crippen LogP contribution in [0.2, 0.25) is 0 Å². The zero-order valence-corrected chi connectivity index (χ0v) is 16.8. The van der Waals surface area contributed by atoms with Crippen LogP contribution in [0.3, 0.4) is 0 Å². The molecule has 3 aromatic rings. The minimum Gasteiger partial charge on any atom is -0.489 e. The van der Waals surface area contributed by atoms with Crippen molar-refractivity contribution in [3.8, 4) is 11.5 Å². The van der Waals surface area contributed by atoms with Gasteiger partial charge in [-0.05, 0) is 36.1 Å². The SMILES string of the molecule is C=Cc1cnc2c(c1)c(OCCCC)c(OCCCC)c1cc(C=C)cnc12. The second-order valence-electron chi connectivity index (χ2n) is 6.80. The highest BCUT2D eigenvalue weighted by molar-refractivity contribution is 6.10. The Bertz CT molecular complexity index is 914. The Morgan fingerprint density at radius 2 is 1.21 bits per heavy atom. The van der Waals surface area contributed by atoms with Crippen molar-refractivity contribution in [1.29, 1.82) is 0 Å². The van der Waals surface area contributed by atoms with Gasteiger partial charge in [0, 0.05) is 23.2 Å². The molecule has 0 aliphatic heterocycles. The van der Waals surface area contributed by atoms with E-state index in [2.05, 4.69) is 37.0 Å². The van der Waals surface area contributed by atoms with Gasteiger partial charge in [0.05, 0.1) is 13.2 Å². The summed E-state index contributed by atoms with van der Waals surface area (Å²) in [5.41, 5.74) is 3.50. The molecule has 0 saturated carbocycles. The van der Waals surface area contributed by atoms with Crippen molar-refractivity contribution in [3.05, 3.63) is 48.8 Å². The molecule has 4 heteroatoms. The van der Waals surface area contributed by atoms with Crippen LogP contribution in [0, 0.1) is 0 Å². The van der Waals surface area contributed by atoms with Crippen LogP contribution in [0.25, 0.3) is 34.0 Å². The summed E-state index contributed by atoms with van der Waals surface area (Å²) in [7, 11) is 0. The van der Waals surface area contributed by atoms with E-state index >= 15 is 0 Å². The number of pyridine rings is 2. The van der Waals surface area contributed by atoms with Gasteiger partial charge in [0.25, 0.3) is 0 Å². The van der Waals surface area contributed by atoms with E-state index in [1.165, 1.54) is 0 Å². The number of ether oxygens (including phenoxy) is 2. The quantitative estimate of drug-likeness (QED) is 0.302. The van der Waals surface area contributed by atoms with Crippen LogP contribution in [0.1, 0.15) is 50.7 Å². The molecule has 0 N–H and O–H groups in total. The third kappa shape index (κ3) is 4.01. The van der Waals surface area contributed by atoms with E-state index < -0.39 is 0 Å². The van der Waals surface area contributed by atoms with Crippen molar-refractivity contribution in [2.75, 3.05) is 13.2 Å². The number of hydrogen-bond acceptors (Lipinski definition) is 4. The second-order valence-corrected chi connectivity index (χ2v) is 6.80. The van der Waals surface area contributed by atoms with Crippen molar-refractivity contribution in [3.63, 3.8) is 0 Å². The maximum Gasteiger partial charge on any atom is 0.171 e. The van der Waals surface area contributed by atoms with Crippen molar-refractivity contribution in [2.45, 2.75) is 39.5 Å². The van der Waals surface area contributed by atoms with Gasteiger partial charge in [-0.2, -0.15) is 0 Å². The predicted molar refractivity (Wildman–Crippen MR) is 118 cm³/mol. The molecule has 1 aromatic carbocycles. The smallest absolute Gasteiger partial charge is 0.171 e. The van der Waals surface area contributed by atoms with E-state index in [0.717, 1.165) is 70.1 Å². The minimum atomic E-state index is 0.633. The third-order valence-corrected chi connectivity index (χ3v) is 4.70. The highest BCUT2D eigenvalue weighted by Gasteiger charge is 2.19. The standard InChI is InChI=1S/C24H28N2O2/c1-5-9-11-27-23-19-13-17(7-3)15-25-21(19)22-20(14-18(8-4)16-26-22)24(23)28-12-10-6-2/h7-8,13-16H,3-6,9-12H2,1-2H3. The molecular formula is C24H28N2O2. The Balaban J connectivity index is 2.31. The monoisotopic (exact) mass is 376 g/mol. The van der Waals surface area contributed by atoms with Crippen LogP contribution in [-0.4, -0.2) is 23.2 Å². The van der Waals surface area contributed by atoms with E-state index in [1.807, 2.05) is 24.5 Å². The van der Waals surface area contributed by atoms with E-state index in [9.17, 15) is 0 Å². The fourth-order valence-corrected chi connectivity index (χ4v) is 3.08. The number of rotatable bonds is 10. The molecule has 3 rings (SSSR count). The molecule has 4 nitrogen and oxygen atoms in total. The summed E-state index contributed by atoms with van der Waals surface area (Å²) in [5, 5.41) is 1.82. The van der Waals surface area contributed by atoms with Crippen LogP contribution >= 0.6 is 0 Å². The number of benzene rings is 1. The zero-order chi connectivity index (χ0) is 19.9. The molecule has 0 atom stereocenters. The largest absolute Gasteiger partial charge is 0.489 e. The van der Waals surface area contributed by atoms with Crippen LogP contribution in [-0.2, 0) is 0 Å². The fourth-order valence-electron chi connectivity index (χ4n) is 3.08. The van der Waals surface area contributed by atoms with Gasteiger partial charge in [-0.3, -0.25) is 9.97 Å². The number of aromatic nitrogens is 2. The molecule has 0 amide bonds. The average Bonchev–Trinajstić information content (AvgIpc) is 2.74. The Morgan fingerprint density at radius 3 is 1.57 bits per heavy atom. The minimum absolute atomic E-state index is 0.633. The Morgan fingerprint density at radius 1 is 0.786 bits per heavy atom. The number of nitrogens with zero attached hydrogens (tertiary/aromatic N) is 2. The molecule has 0 saturated heterocycles. The molecule has 0 unspecified atom stereocenters. The lowest BCUT2D eigenvalue weighted by Gasteiger charge is -2.18. The van der Waals surface area contributed by atoms with Gasteiger partial charge in [-0.1, -0.05) is 52.0 Å². The Labute approximate surface area is 166 Å². The van der Waals surface area contributed by atoms with Crippen molar-refractivity contribution >= 4 is 34.0 Å². The molecule has 0 spiro atoms. The van der Waals surface area contributed by atoms with Gasteiger partial charge in [-0.25, -0.2) is 0 Å². The highest BCUT2D eigenvalue weighted by atomic mass is 16.5. The van der Waals surface area contributed by atoms with Gasteiger partial charge in [0.15, 0.2) is 11.5 Å². The maximum atomic E-state index is 6.25. The number of hydrogen-bond donors (Lipinski definition) is 0. The van der Waals surface area contributed by atoms with Gasteiger partial charge in [0.1, 0.15) is 11.0 Å². The lowest BCUT2D eigenvalue weighted by Crippen LogP contribution is -2.05. The van der Waals surface area contributed by atoms with Crippen LogP contribution in [0.4, 0.5) is 0 Å². The van der Waals surface area contributed by atoms with Crippen molar-refractivity contribution in [2.24, 2.45) is 0 Å². The van der Waals surface area contributed by atoms with Gasteiger partial charge in [-0.15, -0.1) is 0 Å². The second kappa shape index (κ2) is 9.36. The Hall–Kier alpha value is -2.88. The lowest BCUT2D eigenvalue weighted by molar-refractivity contribution is 0.267. The number of fused-ring (bicyclic) bond motifs is 3. The first-order valence-corrected chi connectivity index (χ1v) is 9.99. The van der Waals surface area contributed by atoms with Crippen LogP contribution < -0.4 is 9.47 Å². The maximum absolute atomic E-state index is 6.25. The molecule has 0 radical (unpaired) electrons. The molecule has 2 aromatic heterocycles. The summed E-state index contributed by atoms with van der Waals surface area (Å²) >= 11 is 0. The van der Waals surface area contributed by atoms with Gasteiger partial charge in [0.2, 0.25) is 0 Å². The van der Waals surface area contributed by atoms with Crippen molar-refractivity contribution in [1.82, 2.24) is 9.97 Å². The summed E-state index contributed by atoms with van der Waals surface area (Å²) in [6.07, 6.45) is 11.3. The third-order valence-electron chi connectivity index (χ3n) is 4.70. The average molecular weight is 377 g/mol. The highest BCUT2D eigenvalue weighted by Crippen LogP contribution is 2.43. The summed E-state index contributed by atoms with van der Waals surface area (Å²) in [5.74, 6) is 1.48. The van der Waals surface area contributed by atoms with E-state index in [4.69, 9.17) is 9.47 Å². The first kappa shape index (κ1) is 19.9. The topological polar surface area (TPSA) is 44.2 Å². The lowest BCUT2D eigenvalue weighted by atomic mass is 10.0. The molecule has 0 aliphatic carbocycles. The normalized spacial score (nSPS) is 10.9. The van der Waals surface area contributed by atoms with Gasteiger partial charge < -0.3 is 9.47 Å². The van der Waals surface area contributed by atoms with Gasteiger partial charge >= 0.3 is 0 Å². The number of unbranched alkanes of at least 4 members (excludes halogenated alkanes) is 2. The molecular weight excluding hydrogens is 348 g/mol. The zero-order valence-electron chi connectivity index (χ0n) is 16.8. The first-order chi connectivity index (χ1) is 13.7. The Kier molecular flexibility index (Phi) is 6.64. The molecule has 28 heavy (non-hydrogen) atoms. The molecule has 0 aliphatic rings. The van der Waals surface area contributed by atoms with E-state index in [0.29, 0.717) is 13.2 Å². The van der Waals surface area contributed by atoms with Crippen LogP contribution in [0.5, 0.6) is 11.5 Å².